The number of carbonyl (C=O) groups excluding carboxylic acids is 2. The highest BCUT2D eigenvalue weighted by molar-refractivity contribution is 7.89. The fourth-order valence-electron chi connectivity index (χ4n) is 4.32. The lowest BCUT2D eigenvalue weighted by Crippen LogP contribution is -2.50. The van der Waals surface area contributed by atoms with Gasteiger partial charge >= 0.3 is 0 Å². The Morgan fingerprint density at radius 3 is 2.50 bits per heavy atom. The molecule has 178 valence electrons. The number of furan rings is 1. The Labute approximate surface area is 198 Å². The Morgan fingerprint density at radius 1 is 1.15 bits per heavy atom. The van der Waals surface area contributed by atoms with Crippen molar-refractivity contribution in [2.24, 2.45) is 0 Å². The summed E-state index contributed by atoms with van der Waals surface area (Å²) in [4.78, 5) is 24.4. The topological polar surface area (TPSA) is 109 Å². The van der Waals surface area contributed by atoms with E-state index < -0.39 is 15.9 Å². The number of para-hydroxylation sites is 1. The third-order valence-electron chi connectivity index (χ3n) is 6.12. The largest absolute Gasteiger partial charge is 0.451 e. The first-order chi connectivity index (χ1) is 16.2. The van der Waals surface area contributed by atoms with Gasteiger partial charge in [0.05, 0.1) is 4.90 Å². The predicted octanol–water partition coefficient (Wildman–Crippen LogP) is 3.84. The molecule has 8 nitrogen and oxygen atoms in total. The predicted molar refractivity (Wildman–Crippen MR) is 130 cm³/mol. The zero-order valence-electron chi connectivity index (χ0n) is 19.1. The van der Waals surface area contributed by atoms with Crippen LogP contribution in [0.3, 0.4) is 0 Å². The van der Waals surface area contributed by atoms with E-state index in [1.807, 2.05) is 32.0 Å². The minimum Gasteiger partial charge on any atom is -0.451 e. The van der Waals surface area contributed by atoms with Crippen LogP contribution in [0, 0.1) is 6.92 Å². The number of hydrogen-bond acceptors (Lipinski definition) is 5. The molecule has 1 saturated heterocycles. The van der Waals surface area contributed by atoms with E-state index in [-0.39, 0.29) is 28.6 Å². The van der Waals surface area contributed by atoms with Crippen molar-refractivity contribution < 1.29 is 22.4 Å². The number of amides is 2. The normalized spacial score (nSPS) is 19.0. The highest BCUT2D eigenvalue weighted by Crippen LogP contribution is 2.28. The van der Waals surface area contributed by atoms with E-state index in [2.05, 4.69) is 17.2 Å². The molecule has 1 aliphatic rings. The van der Waals surface area contributed by atoms with E-state index in [1.54, 1.807) is 18.2 Å². The van der Waals surface area contributed by atoms with Crippen molar-refractivity contribution in [3.05, 3.63) is 72.5 Å². The van der Waals surface area contributed by atoms with Crippen LogP contribution in [0.4, 0.5) is 5.69 Å². The SMILES string of the molecule is C=CC(=O)NC1CCN(S(=O)(=O)c2ccc(NC(=O)c3oc4ccccc4c3C)cc2)C(C)C1. The maximum absolute atomic E-state index is 13.2. The zero-order chi connectivity index (χ0) is 24.5. The van der Waals surface area contributed by atoms with Crippen molar-refractivity contribution in [1.82, 2.24) is 9.62 Å². The zero-order valence-corrected chi connectivity index (χ0v) is 19.9. The van der Waals surface area contributed by atoms with Gasteiger partial charge < -0.3 is 15.1 Å². The number of rotatable bonds is 6. The molecule has 3 aromatic rings. The van der Waals surface area contributed by atoms with Crippen LogP contribution in [0.2, 0.25) is 0 Å². The second-order valence-electron chi connectivity index (χ2n) is 8.43. The highest BCUT2D eigenvalue weighted by atomic mass is 32.2. The molecule has 1 aromatic heterocycles. The van der Waals surface area contributed by atoms with E-state index in [9.17, 15) is 18.0 Å². The Hall–Kier alpha value is -3.43. The molecule has 2 N–H and O–H groups in total. The van der Waals surface area contributed by atoms with Crippen molar-refractivity contribution in [3.8, 4) is 0 Å². The molecule has 34 heavy (non-hydrogen) atoms. The quantitative estimate of drug-likeness (QED) is 0.520. The van der Waals surface area contributed by atoms with Crippen LogP contribution in [0.15, 0.2) is 70.5 Å². The summed E-state index contributed by atoms with van der Waals surface area (Å²) in [6, 6.07) is 13.1. The van der Waals surface area contributed by atoms with Gasteiger partial charge in [0, 0.05) is 35.3 Å². The summed E-state index contributed by atoms with van der Waals surface area (Å²) < 4.78 is 33.6. The van der Waals surface area contributed by atoms with Crippen molar-refractivity contribution in [1.29, 1.82) is 0 Å². The van der Waals surface area contributed by atoms with Gasteiger partial charge in [-0.1, -0.05) is 24.8 Å². The first-order valence-electron chi connectivity index (χ1n) is 11.0. The smallest absolute Gasteiger partial charge is 0.291 e. The number of hydrogen-bond donors (Lipinski definition) is 2. The van der Waals surface area contributed by atoms with Gasteiger partial charge in [0.1, 0.15) is 5.58 Å². The molecule has 9 heteroatoms. The van der Waals surface area contributed by atoms with Gasteiger partial charge in [0.25, 0.3) is 5.91 Å². The maximum atomic E-state index is 13.2. The Kier molecular flexibility index (Phi) is 6.58. The monoisotopic (exact) mass is 481 g/mol. The van der Waals surface area contributed by atoms with Crippen LogP contribution in [-0.4, -0.2) is 43.2 Å². The number of benzene rings is 2. The molecule has 0 saturated carbocycles. The minimum atomic E-state index is -3.72. The molecule has 0 spiro atoms. The summed E-state index contributed by atoms with van der Waals surface area (Å²) in [6.07, 6.45) is 2.25. The average Bonchev–Trinajstić information content (AvgIpc) is 3.16. The minimum absolute atomic E-state index is 0.0914. The fraction of sp³-hybridized carbons (Fsp3) is 0.280. The third-order valence-corrected chi connectivity index (χ3v) is 8.14. The van der Waals surface area contributed by atoms with Gasteiger partial charge in [0.15, 0.2) is 5.76 Å². The van der Waals surface area contributed by atoms with E-state index in [0.717, 1.165) is 10.9 Å². The first-order valence-corrected chi connectivity index (χ1v) is 12.5. The van der Waals surface area contributed by atoms with Crippen LogP contribution in [0.1, 0.15) is 35.9 Å². The lowest BCUT2D eigenvalue weighted by atomic mass is 10.0. The molecule has 2 aromatic carbocycles. The molecular weight excluding hydrogens is 454 g/mol. The molecule has 1 aliphatic heterocycles. The van der Waals surface area contributed by atoms with E-state index >= 15 is 0 Å². The fourth-order valence-corrected chi connectivity index (χ4v) is 5.98. The maximum Gasteiger partial charge on any atom is 0.291 e. The standard InChI is InChI=1S/C25H27N3O5S/c1-4-23(29)26-19-13-14-28(16(2)15-19)34(31,32)20-11-9-18(10-12-20)27-25(30)24-17(3)21-7-5-6-8-22(21)33-24/h4-12,16,19H,1,13-15H2,2-3H3,(H,26,29)(H,27,30). The summed E-state index contributed by atoms with van der Waals surface area (Å²) in [5, 5.41) is 6.47. The Balaban J connectivity index is 1.45. The number of aryl methyl sites for hydroxylation is 1. The molecule has 2 atom stereocenters. The number of carbonyl (C=O) groups is 2. The van der Waals surface area contributed by atoms with Crippen molar-refractivity contribution in [2.45, 2.75) is 43.7 Å². The lowest BCUT2D eigenvalue weighted by Gasteiger charge is -2.36. The van der Waals surface area contributed by atoms with Crippen LogP contribution in [-0.2, 0) is 14.8 Å². The van der Waals surface area contributed by atoms with Crippen molar-refractivity contribution in [3.63, 3.8) is 0 Å². The summed E-state index contributed by atoms with van der Waals surface area (Å²) in [6.45, 7) is 7.40. The molecule has 0 bridgehead atoms. The van der Waals surface area contributed by atoms with Gasteiger partial charge in [-0.15, -0.1) is 0 Å². The van der Waals surface area contributed by atoms with Gasteiger partial charge in [0.2, 0.25) is 15.9 Å². The van der Waals surface area contributed by atoms with Gasteiger partial charge in [-0.2, -0.15) is 4.31 Å². The summed E-state index contributed by atoms with van der Waals surface area (Å²) in [5.41, 5.74) is 1.84. The second kappa shape index (κ2) is 9.44. The molecule has 4 rings (SSSR count). The van der Waals surface area contributed by atoms with Crippen molar-refractivity contribution in [2.75, 3.05) is 11.9 Å². The highest BCUT2D eigenvalue weighted by Gasteiger charge is 2.34. The summed E-state index contributed by atoms with van der Waals surface area (Å²) in [7, 11) is -3.72. The Morgan fingerprint density at radius 2 is 1.85 bits per heavy atom. The number of piperidine rings is 1. The molecular formula is C25H27N3O5S. The summed E-state index contributed by atoms with van der Waals surface area (Å²) in [5.74, 6) is -0.441. The van der Waals surface area contributed by atoms with E-state index in [4.69, 9.17) is 4.42 Å². The molecule has 2 heterocycles. The van der Waals surface area contributed by atoms with Gasteiger partial charge in [-0.3, -0.25) is 9.59 Å². The van der Waals surface area contributed by atoms with Crippen LogP contribution < -0.4 is 10.6 Å². The van der Waals surface area contributed by atoms with Crippen molar-refractivity contribution >= 4 is 38.5 Å². The number of nitrogens with zero attached hydrogens (tertiary/aromatic N) is 1. The molecule has 0 aliphatic carbocycles. The third kappa shape index (κ3) is 4.62. The summed E-state index contributed by atoms with van der Waals surface area (Å²) >= 11 is 0. The molecule has 0 radical (unpaired) electrons. The number of sulfonamides is 1. The van der Waals surface area contributed by atoms with Gasteiger partial charge in [-0.25, -0.2) is 8.42 Å². The number of anilines is 1. The molecule has 1 fully saturated rings. The molecule has 2 unspecified atom stereocenters. The lowest BCUT2D eigenvalue weighted by molar-refractivity contribution is -0.117. The van der Waals surface area contributed by atoms with Crippen LogP contribution >= 0.6 is 0 Å². The van der Waals surface area contributed by atoms with E-state index in [0.29, 0.717) is 30.7 Å². The Bertz CT molecular complexity index is 1340. The second-order valence-corrected chi connectivity index (χ2v) is 10.3. The number of nitrogens with one attached hydrogen (secondary N) is 2. The van der Waals surface area contributed by atoms with Gasteiger partial charge in [-0.05, 0) is 63.1 Å². The van der Waals surface area contributed by atoms with Crippen LogP contribution in [0.25, 0.3) is 11.0 Å². The first kappa shape index (κ1) is 23.7. The van der Waals surface area contributed by atoms with E-state index in [1.165, 1.54) is 22.5 Å². The van der Waals surface area contributed by atoms with Crippen LogP contribution in [0.5, 0.6) is 0 Å². The number of fused-ring (bicyclic) bond motifs is 1. The molecule has 2 amide bonds. The average molecular weight is 482 g/mol.